The predicted molar refractivity (Wildman–Crippen MR) is 107 cm³/mol. The number of carbonyl (C=O) groups excluding carboxylic acids is 2. The molecule has 5 nitrogen and oxygen atoms in total. The third-order valence-electron chi connectivity index (χ3n) is 4.10. The number of nitrogens with zero attached hydrogens (tertiary/aromatic N) is 1. The SMILES string of the molecule is CC(=NNC(=O)c1cccc(Cl)c1Cl)c1cccc(NC(=O)C(F)(F)C(F)(F)C(F)(F)F)c1. The molecule has 2 aromatic carbocycles. The van der Waals surface area contributed by atoms with Crippen LogP contribution < -0.4 is 10.7 Å². The van der Waals surface area contributed by atoms with E-state index >= 15 is 0 Å². The molecule has 0 saturated heterocycles. The highest BCUT2D eigenvalue weighted by Gasteiger charge is 2.76. The molecule has 0 aliphatic heterocycles. The van der Waals surface area contributed by atoms with Gasteiger partial charge in [0, 0.05) is 5.69 Å². The highest BCUT2D eigenvalue weighted by molar-refractivity contribution is 6.43. The minimum absolute atomic E-state index is 0.00504. The molecular weight excluding hydrogens is 506 g/mol. The van der Waals surface area contributed by atoms with Gasteiger partial charge >= 0.3 is 23.9 Å². The molecule has 0 radical (unpaired) electrons. The number of halogens is 9. The Bertz CT molecular complexity index is 1110. The number of benzene rings is 2. The van der Waals surface area contributed by atoms with Crippen LogP contribution in [0.15, 0.2) is 47.6 Å². The second kappa shape index (κ2) is 9.56. The Hall–Kier alpha value is -2.86. The quantitative estimate of drug-likeness (QED) is 0.283. The smallest absolute Gasteiger partial charge is 0.321 e. The standard InChI is InChI=1S/C19H12Cl2F7N3O2/c1-9(30-31-15(32)12-6-3-7-13(20)14(12)21)10-4-2-5-11(8-10)29-16(33)17(22,23)18(24,25)19(26,27)28/h2-8H,1H3,(H,29,33)(H,31,32). The fourth-order valence-electron chi connectivity index (χ4n) is 2.29. The number of rotatable bonds is 6. The molecule has 0 aromatic heterocycles. The molecular formula is C19H12Cl2F7N3O2. The van der Waals surface area contributed by atoms with Gasteiger partial charge in [0.25, 0.3) is 5.91 Å². The lowest BCUT2D eigenvalue weighted by Crippen LogP contribution is -2.57. The van der Waals surface area contributed by atoms with Gasteiger partial charge in [-0.05, 0) is 36.8 Å². The number of anilines is 1. The van der Waals surface area contributed by atoms with Crippen molar-refractivity contribution < 1.29 is 40.3 Å². The van der Waals surface area contributed by atoms with Crippen molar-refractivity contribution in [3.63, 3.8) is 0 Å². The van der Waals surface area contributed by atoms with Crippen molar-refractivity contribution in [2.75, 3.05) is 5.32 Å². The monoisotopic (exact) mass is 517 g/mol. The first kappa shape index (κ1) is 26.4. The maximum Gasteiger partial charge on any atom is 0.460 e. The van der Waals surface area contributed by atoms with E-state index in [1.807, 2.05) is 0 Å². The summed E-state index contributed by atoms with van der Waals surface area (Å²) in [6, 6.07) is 8.74. The highest BCUT2D eigenvalue weighted by Crippen LogP contribution is 2.46. The Morgan fingerprint density at radius 3 is 2.15 bits per heavy atom. The molecule has 2 N–H and O–H groups in total. The third-order valence-corrected chi connectivity index (χ3v) is 4.91. The fourth-order valence-corrected chi connectivity index (χ4v) is 2.68. The van der Waals surface area contributed by atoms with Gasteiger partial charge in [0.2, 0.25) is 0 Å². The van der Waals surface area contributed by atoms with Crippen molar-refractivity contribution in [3.8, 4) is 0 Å². The lowest BCUT2D eigenvalue weighted by Gasteiger charge is -2.27. The molecule has 2 rings (SSSR count). The summed E-state index contributed by atoms with van der Waals surface area (Å²) in [5.41, 5.74) is 1.80. The molecule has 0 unspecified atom stereocenters. The Balaban J connectivity index is 2.19. The van der Waals surface area contributed by atoms with E-state index in [4.69, 9.17) is 23.2 Å². The molecule has 14 heteroatoms. The van der Waals surface area contributed by atoms with Gasteiger partial charge < -0.3 is 5.32 Å². The summed E-state index contributed by atoms with van der Waals surface area (Å²) in [5, 5.41) is 5.16. The highest BCUT2D eigenvalue weighted by atomic mass is 35.5. The van der Waals surface area contributed by atoms with Crippen molar-refractivity contribution in [2.24, 2.45) is 5.10 Å². The number of nitrogens with one attached hydrogen (secondary N) is 2. The van der Waals surface area contributed by atoms with Crippen molar-refractivity contribution in [2.45, 2.75) is 24.9 Å². The van der Waals surface area contributed by atoms with Crippen LogP contribution in [0.1, 0.15) is 22.8 Å². The molecule has 0 saturated carbocycles. The van der Waals surface area contributed by atoms with Crippen LogP contribution in [0.3, 0.4) is 0 Å². The second-order valence-electron chi connectivity index (χ2n) is 6.42. The van der Waals surface area contributed by atoms with E-state index in [1.165, 1.54) is 42.6 Å². The molecule has 2 aromatic rings. The van der Waals surface area contributed by atoms with E-state index in [9.17, 15) is 40.3 Å². The van der Waals surface area contributed by atoms with E-state index in [0.717, 1.165) is 12.1 Å². The van der Waals surface area contributed by atoms with Gasteiger partial charge in [0.05, 0.1) is 21.3 Å². The minimum atomic E-state index is -6.65. The molecule has 0 aliphatic rings. The molecule has 33 heavy (non-hydrogen) atoms. The molecule has 0 spiro atoms. The first-order valence-corrected chi connectivity index (χ1v) is 9.38. The van der Waals surface area contributed by atoms with E-state index in [1.54, 1.807) is 0 Å². The first-order valence-electron chi connectivity index (χ1n) is 8.62. The van der Waals surface area contributed by atoms with Gasteiger partial charge in [0.1, 0.15) is 0 Å². The van der Waals surface area contributed by atoms with Crippen LogP contribution in [-0.4, -0.2) is 35.5 Å². The van der Waals surface area contributed by atoms with E-state index in [2.05, 4.69) is 10.5 Å². The van der Waals surface area contributed by atoms with Gasteiger partial charge in [-0.3, -0.25) is 9.59 Å². The number of hydrazone groups is 1. The van der Waals surface area contributed by atoms with Crippen LogP contribution >= 0.6 is 23.2 Å². The van der Waals surface area contributed by atoms with Crippen LogP contribution in [0.4, 0.5) is 36.4 Å². The van der Waals surface area contributed by atoms with Gasteiger partial charge in [-0.1, -0.05) is 41.4 Å². The van der Waals surface area contributed by atoms with Crippen LogP contribution in [0, 0.1) is 0 Å². The van der Waals surface area contributed by atoms with Crippen molar-refractivity contribution in [1.29, 1.82) is 0 Å². The number of amides is 2. The van der Waals surface area contributed by atoms with Gasteiger partial charge in [-0.15, -0.1) is 0 Å². The molecule has 0 fully saturated rings. The summed E-state index contributed by atoms with van der Waals surface area (Å²) in [7, 11) is 0. The first-order chi connectivity index (χ1) is 15.1. The number of carbonyl (C=O) groups is 2. The van der Waals surface area contributed by atoms with Crippen molar-refractivity contribution in [1.82, 2.24) is 5.43 Å². The minimum Gasteiger partial charge on any atom is -0.321 e. The van der Waals surface area contributed by atoms with E-state index in [0.29, 0.717) is 0 Å². The molecule has 0 aliphatic carbocycles. The summed E-state index contributed by atoms with van der Waals surface area (Å²) in [6.45, 7) is 1.35. The summed E-state index contributed by atoms with van der Waals surface area (Å²) < 4.78 is 89.8. The molecule has 0 bridgehead atoms. The normalized spacial score (nSPS) is 13.0. The summed E-state index contributed by atoms with van der Waals surface area (Å²) in [4.78, 5) is 23.7. The average Bonchev–Trinajstić information content (AvgIpc) is 2.72. The Kier molecular flexibility index (Phi) is 7.64. The lowest BCUT2D eigenvalue weighted by atomic mass is 10.1. The fraction of sp³-hybridized carbons (Fsp3) is 0.211. The van der Waals surface area contributed by atoms with Gasteiger partial charge in [-0.25, -0.2) is 5.43 Å². The Labute approximate surface area is 191 Å². The molecule has 178 valence electrons. The largest absolute Gasteiger partial charge is 0.460 e. The van der Waals surface area contributed by atoms with Crippen LogP contribution in [0.2, 0.25) is 10.0 Å². The number of hydrogen-bond acceptors (Lipinski definition) is 3. The van der Waals surface area contributed by atoms with Crippen LogP contribution in [0.25, 0.3) is 0 Å². The summed E-state index contributed by atoms with van der Waals surface area (Å²) >= 11 is 11.7. The summed E-state index contributed by atoms with van der Waals surface area (Å²) in [6.07, 6.45) is -6.65. The Morgan fingerprint density at radius 2 is 1.55 bits per heavy atom. The molecule has 2 amide bonds. The zero-order valence-electron chi connectivity index (χ0n) is 16.2. The van der Waals surface area contributed by atoms with Gasteiger partial charge in [-0.2, -0.15) is 35.8 Å². The van der Waals surface area contributed by atoms with Gasteiger partial charge in [0.15, 0.2) is 0 Å². The van der Waals surface area contributed by atoms with Crippen LogP contribution in [0.5, 0.6) is 0 Å². The molecule has 0 heterocycles. The number of hydrogen-bond donors (Lipinski definition) is 2. The third kappa shape index (κ3) is 5.56. The maximum atomic E-state index is 13.5. The van der Waals surface area contributed by atoms with Crippen LogP contribution in [-0.2, 0) is 4.79 Å². The van der Waals surface area contributed by atoms with E-state index < -0.39 is 35.5 Å². The topological polar surface area (TPSA) is 70.6 Å². The lowest BCUT2D eigenvalue weighted by molar-refractivity contribution is -0.343. The predicted octanol–water partition coefficient (Wildman–Crippen LogP) is 5.92. The maximum absolute atomic E-state index is 13.5. The van der Waals surface area contributed by atoms with Crippen molar-refractivity contribution in [3.05, 3.63) is 63.6 Å². The molecule has 0 atom stereocenters. The average molecular weight is 518 g/mol. The summed E-state index contributed by atoms with van der Waals surface area (Å²) in [5.74, 6) is -16.3. The second-order valence-corrected chi connectivity index (χ2v) is 7.21. The number of alkyl halides is 7. The van der Waals surface area contributed by atoms with Crippen molar-refractivity contribution >= 4 is 46.4 Å². The Morgan fingerprint density at radius 1 is 0.939 bits per heavy atom. The van der Waals surface area contributed by atoms with E-state index in [-0.39, 0.29) is 26.9 Å². The zero-order chi connectivity index (χ0) is 25.2. The zero-order valence-corrected chi connectivity index (χ0v) is 17.7.